The summed E-state index contributed by atoms with van der Waals surface area (Å²) in [5.41, 5.74) is 0. The van der Waals surface area contributed by atoms with E-state index in [4.69, 9.17) is 0 Å². The summed E-state index contributed by atoms with van der Waals surface area (Å²) in [6.07, 6.45) is 7.68. The number of allylic oxidation sites excluding steroid dienone is 2. The van der Waals surface area contributed by atoms with E-state index in [9.17, 15) is 10.1 Å². The minimum absolute atomic E-state index is 0.116. The molecule has 0 saturated heterocycles. The van der Waals surface area contributed by atoms with E-state index in [1.807, 2.05) is 29.3 Å². The second-order valence-corrected chi connectivity index (χ2v) is 2.32. The van der Waals surface area contributed by atoms with E-state index in [0.717, 1.165) is 6.54 Å². The van der Waals surface area contributed by atoms with Gasteiger partial charge in [-0.3, -0.25) is 0 Å². The van der Waals surface area contributed by atoms with Gasteiger partial charge in [-0.2, -0.15) is 0 Å². The highest BCUT2D eigenvalue weighted by Crippen LogP contribution is 1.97. The van der Waals surface area contributed by atoms with Crippen LogP contribution in [0, 0.1) is 10.1 Å². The van der Waals surface area contributed by atoms with Gasteiger partial charge in [0, 0.05) is 13.1 Å². The van der Waals surface area contributed by atoms with Crippen LogP contribution in [0.2, 0.25) is 0 Å². The lowest BCUT2D eigenvalue weighted by Gasteiger charge is -2.19. The molecular weight excluding hydrogens is 160 g/mol. The van der Waals surface area contributed by atoms with E-state index in [2.05, 4.69) is 4.84 Å². The van der Waals surface area contributed by atoms with Crippen LogP contribution in [0.3, 0.4) is 0 Å². The van der Waals surface area contributed by atoms with Crippen LogP contribution in [0.4, 0.5) is 0 Å². The molecule has 0 aliphatic carbocycles. The average Bonchev–Trinajstić information content (AvgIpc) is 2.05. The molecule has 0 fully saturated rings. The summed E-state index contributed by atoms with van der Waals surface area (Å²) in [5, 5.41) is 9.00. The van der Waals surface area contributed by atoms with Crippen LogP contribution < -0.4 is 0 Å². The maximum Gasteiger partial charge on any atom is 0.294 e. The standard InChI is InChI=1S/C7H10N2O3/c10-9(11)12-7-6-8-4-2-1-3-5-8/h1-4H,5-7H2. The number of nitrogens with zero attached hydrogens (tertiary/aromatic N) is 2. The summed E-state index contributed by atoms with van der Waals surface area (Å²) in [4.78, 5) is 15.9. The first-order valence-electron chi connectivity index (χ1n) is 3.64. The van der Waals surface area contributed by atoms with Crippen LogP contribution in [0.15, 0.2) is 24.4 Å². The average molecular weight is 170 g/mol. The molecule has 66 valence electrons. The molecule has 5 heteroatoms. The fraction of sp³-hybridized carbons (Fsp3) is 0.429. The van der Waals surface area contributed by atoms with Gasteiger partial charge in [0.05, 0.1) is 0 Å². The highest BCUT2D eigenvalue weighted by molar-refractivity contribution is 5.08. The highest BCUT2D eigenvalue weighted by atomic mass is 16.9. The topological polar surface area (TPSA) is 55.6 Å². The molecule has 0 aromatic carbocycles. The second-order valence-electron chi connectivity index (χ2n) is 2.32. The van der Waals surface area contributed by atoms with Gasteiger partial charge in [-0.1, -0.05) is 12.2 Å². The van der Waals surface area contributed by atoms with Crippen molar-refractivity contribution in [3.63, 3.8) is 0 Å². The summed E-state index contributed by atoms with van der Waals surface area (Å²) >= 11 is 0. The Bertz CT molecular complexity index is 213. The van der Waals surface area contributed by atoms with Gasteiger partial charge < -0.3 is 9.74 Å². The molecule has 0 N–H and O–H groups in total. The van der Waals surface area contributed by atoms with Crippen molar-refractivity contribution in [3.05, 3.63) is 34.5 Å². The van der Waals surface area contributed by atoms with Crippen molar-refractivity contribution < 1.29 is 9.92 Å². The van der Waals surface area contributed by atoms with Crippen molar-refractivity contribution in [2.75, 3.05) is 19.7 Å². The summed E-state index contributed by atoms with van der Waals surface area (Å²) in [6.45, 7) is 1.45. The van der Waals surface area contributed by atoms with E-state index in [-0.39, 0.29) is 6.61 Å². The lowest BCUT2D eigenvalue weighted by molar-refractivity contribution is -0.757. The molecule has 1 aliphatic rings. The number of hydrogen-bond acceptors (Lipinski definition) is 4. The Balaban J connectivity index is 2.11. The maximum atomic E-state index is 9.77. The molecule has 0 spiro atoms. The van der Waals surface area contributed by atoms with Crippen LogP contribution in [0.1, 0.15) is 0 Å². The monoisotopic (exact) mass is 170 g/mol. The zero-order valence-electron chi connectivity index (χ0n) is 6.55. The quantitative estimate of drug-likeness (QED) is 0.457. The Kier molecular flexibility index (Phi) is 3.13. The molecule has 0 unspecified atom stereocenters. The number of hydrogen-bond donors (Lipinski definition) is 0. The normalized spacial score (nSPS) is 14.8. The van der Waals surface area contributed by atoms with Gasteiger partial charge in [-0.05, 0) is 12.3 Å². The van der Waals surface area contributed by atoms with Gasteiger partial charge in [0.1, 0.15) is 6.61 Å². The fourth-order valence-corrected chi connectivity index (χ4v) is 0.906. The van der Waals surface area contributed by atoms with Gasteiger partial charge in [0.15, 0.2) is 0 Å². The van der Waals surface area contributed by atoms with Crippen LogP contribution in [-0.2, 0) is 4.84 Å². The van der Waals surface area contributed by atoms with Crippen molar-refractivity contribution in [3.8, 4) is 0 Å². The highest BCUT2D eigenvalue weighted by Gasteiger charge is 2.00. The van der Waals surface area contributed by atoms with E-state index in [0.29, 0.717) is 6.54 Å². The van der Waals surface area contributed by atoms with Gasteiger partial charge in [0.25, 0.3) is 5.09 Å². The van der Waals surface area contributed by atoms with Crippen LogP contribution in [-0.4, -0.2) is 29.7 Å². The summed E-state index contributed by atoms with van der Waals surface area (Å²) in [5.74, 6) is 0. The van der Waals surface area contributed by atoms with Crippen LogP contribution >= 0.6 is 0 Å². The third-order valence-corrected chi connectivity index (χ3v) is 1.46. The Labute approximate surface area is 70.0 Å². The molecule has 0 radical (unpaired) electrons. The molecule has 1 rings (SSSR count). The van der Waals surface area contributed by atoms with Crippen molar-refractivity contribution in [1.82, 2.24) is 4.90 Å². The lowest BCUT2D eigenvalue weighted by atomic mass is 10.3. The molecule has 0 saturated carbocycles. The Morgan fingerprint density at radius 1 is 1.58 bits per heavy atom. The lowest BCUT2D eigenvalue weighted by Crippen LogP contribution is -2.24. The molecule has 12 heavy (non-hydrogen) atoms. The third-order valence-electron chi connectivity index (χ3n) is 1.46. The fourth-order valence-electron chi connectivity index (χ4n) is 0.906. The predicted octanol–water partition coefficient (Wildman–Crippen LogP) is 0.580. The van der Waals surface area contributed by atoms with E-state index < -0.39 is 5.09 Å². The van der Waals surface area contributed by atoms with E-state index in [1.165, 1.54) is 0 Å². The van der Waals surface area contributed by atoms with Crippen molar-refractivity contribution >= 4 is 0 Å². The predicted molar refractivity (Wildman–Crippen MR) is 42.8 cm³/mol. The summed E-state index contributed by atoms with van der Waals surface area (Å²) in [7, 11) is 0. The Morgan fingerprint density at radius 3 is 3.00 bits per heavy atom. The maximum absolute atomic E-state index is 9.77. The van der Waals surface area contributed by atoms with Gasteiger partial charge in [-0.25, -0.2) is 0 Å². The molecule has 1 aliphatic heterocycles. The molecule has 1 heterocycles. The van der Waals surface area contributed by atoms with Crippen LogP contribution in [0.25, 0.3) is 0 Å². The summed E-state index contributed by atoms with van der Waals surface area (Å²) in [6, 6.07) is 0. The SMILES string of the molecule is O=[N+]([O-])OCCN1C=CC=CC1. The smallest absolute Gasteiger partial charge is 0.294 e. The zero-order chi connectivity index (χ0) is 8.81. The first-order valence-corrected chi connectivity index (χ1v) is 3.64. The first-order chi connectivity index (χ1) is 5.79. The minimum atomic E-state index is -0.774. The van der Waals surface area contributed by atoms with E-state index in [1.54, 1.807) is 0 Å². The summed E-state index contributed by atoms with van der Waals surface area (Å²) < 4.78 is 0. The van der Waals surface area contributed by atoms with Crippen molar-refractivity contribution in [2.45, 2.75) is 0 Å². The van der Waals surface area contributed by atoms with Crippen LogP contribution in [0.5, 0.6) is 0 Å². The van der Waals surface area contributed by atoms with E-state index >= 15 is 0 Å². The minimum Gasteiger partial charge on any atom is -0.372 e. The molecule has 5 nitrogen and oxygen atoms in total. The number of rotatable bonds is 4. The third kappa shape index (κ3) is 3.05. The molecule has 0 aromatic rings. The zero-order valence-corrected chi connectivity index (χ0v) is 6.55. The van der Waals surface area contributed by atoms with Gasteiger partial charge >= 0.3 is 0 Å². The Hall–Kier alpha value is -1.52. The molecular formula is C7H10N2O3. The van der Waals surface area contributed by atoms with Crippen molar-refractivity contribution in [1.29, 1.82) is 0 Å². The molecule has 0 bridgehead atoms. The first kappa shape index (κ1) is 8.58. The largest absolute Gasteiger partial charge is 0.372 e. The molecule has 0 amide bonds. The van der Waals surface area contributed by atoms with Gasteiger partial charge in [-0.15, -0.1) is 10.1 Å². The van der Waals surface area contributed by atoms with Gasteiger partial charge in [0.2, 0.25) is 0 Å². The second kappa shape index (κ2) is 4.38. The molecule has 0 atom stereocenters. The van der Waals surface area contributed by atoms with Crippen molar-refractivity contribution in [2.24, 2.45) is 0 Å². The Morgan fingerprint density at radius 2 is 2.42 bits per heavy atom. The molecule has 0 aromatic heterocycles.